The second-order valence-corrected chi connectivity index (χ2v) is 12.8. The third-order valence-corrected chi connectivity index (χ3v) is 9.32. The molecule has 0 N–H and O–H groups in total. The fraction of sp³-hybridized carbons (Fsp3) is 0.293. The van der Waals surface area contributed by atoms with Crippen LogP contribution in [0.3, 0.4) is 0 Å². The summed E-state index contributed by atoms with van der Waals surface area (Å²) in [6.45, 7) is 1.05. The van der Waals surface area contributed by atoms with Crippen LogP contribution in [0, 0.1) is 26.0 Å². The van der Waals surface area contributed by atoms with E-state index in [1.165, 1.54) is 12.3 Å². The van der Waals surface area contributed by atoms with Gasteiger partial charge in [-0.25, -0.2) is 4.57 Å². The number of benzene rings is 4. The third kappa shape index (κ3) is 4.87. The number of aryl methyl sites for hydroxylation is 4. The first-order valence-electron chi connectivity index (χ1n) is 19.1. The van der Waals surface area contributed by atoms with Gasteiger partial charge in [-0.2, -0.15) is 0 Å². The molecule has 0 saturated heterocycles. The van der Waals surface area contributed by atoms with Gasteiger partial charge in [0.15, 0.2) is 6.20 Å². The molecular formula is C41H42NO+. The summed E-state index contributed by atoms with van der Waals surface area (Å²) in [5, 5.41) is 1.84. The second kappa shape index (κ2) is 10.5. The van der Waals surface area contributed by atoms with Crippen molar-refractivity contribution < 1.29 is 20.0 Å². The number of aromatic nitrogens is 1. The summed E-state index contributed by atoms with van der Waals surface area (Å²) in [6.07, 6.45) is 4.27. The Kier molecular flexibility index (Phi) is 4.87. The molecule has 1 saturated carbocycles. The van der Waals surface area contributed by atoms with Crippen molar-refractivity contribution in [2.75, 3.05) is 0 Å². The van der Waals surface area contributed by atoms with Crippen LogP contribution < -0.4 is 4.57 Å². The molecule has 1 aliphatic carbocycles. The molecule has 2 aromatic heterocycles. The highest BCUT2D eigenvalue weighted by Gasteiger charge is 2.28. The molecule has 43 heavy (non-hydrogen) atoms. The van der Waals surface area contributed by atoms with Crippen LogP contribution in [0.25, 0.3) is 55.4 Å². The average molecular weight is 573 g/mol. The monoisotopic (exact) mass is 572 g/mol. The number of nitrogens with zero attached hydrogens (tertiary/aromatic N) is 1. The number of para-hydroxylation sites is 1. The molecule has 2 heteroatoms. The maximum atomic E-state index is 9.37. The highest BCUT2D eigenvalue weighted by atomic mass is 16.3. The molecule has 0 atom stereocenters. The quantitative estimate of drug-likeness (QED) is 0.192. The van der Waals surface area contributed by atoms with Gasteiger partial charge in [-0.1, -0.05) is 92.7 Å². The van der Waals surface area contributed by atoms with Crippen LogP contribution in [0.4, 0.5) is 0 Å². The Labute approximate surface area is 267 Å². The first-order chi connectivity index (χ1) is 23.9. The lowest BCUT2D eigenvalue weighted by Gasteiger charge is -2.34. The Hall–Kier alpha value is -4.17. The Bertz CT molecular complexity index is 2310. The summed E-state index contributed by atoms with van der Waals surface area (Å²) in [7, 11) is 1.77. The second-order valence-electron chi connectivity index (χ2n) is 12.8. The number of fused-ring (bicyclic) bond motifs is 3. The first-order valence-corrected chi connectivity index (χ1v) is 15.1. The van der Waals surface area contributed by atoms with Gasteiger partial charge in [0, 0.05) is 37.6 Å². The van der Waals surface area contributed by atoms with Gasteiger partial charge in [-0.15, -0.1) is 0 Å². The maximum absolute atomic E-state index is 9.37. The molecule has 216 valence electrons. The topological polar surface area (TPSA) is 17.0 Å². The molecule has 4 aromatic carbocycles. The van der Waals surface area contributed by atoms with Crippen molar-refractivity contribution in [3.63, 3.8) is 0 Å². The molecule has 1 fully saturated rings. The van der Waals surface area contributed by atoms with Crippen molar-refractivity contribution in [1.29, 1.82) is 0 Å². The lowest BCUT2D eigenvalue weighted by atomic mass is 9.71. The molecule has 0 bridgehead atoms. The number of rotatable bonds is 4. The maximum Gasteiger partial charge on any atom is 0.216 e. The zero-order valence-corrected chi connectivity index (χ0v) is 25.3. The van der Waals surface area contributed by atoms with E-state index < -0.39 is 19.6 Å². The van der Waals surface area contributed by atoms with E-state index in [1.54, 1.807) is 23.7 Å². The van der Waals surface area contributed by atoms with E-state index in [0.717, 1.165) is 51.5 Å². The summed E-state index contributed by atoms with van der Waals surface area (Å²) in [5.41, 5.74) is 6.21. The molecule has 6 aromatic rings. The molecule has 7 rings (SSSR count). The van der Waals surface area contributed by atoms with Crippen molar-refractivity contribution in [3.8, 4) is 33.5 Å². The zero-order valence-electron chi connectivity index (χ0n) is 33.3. The molecule has 2 heterocycles. The van der Waals surface area contributed by atoms with Gasteiger partial charge in [0.1, 0.15) is 18.2 Å². The Morgan fingerprint density at radius 1 is 0.814 bits per heavy atom. The smallest absolute Gasteiger partial charge is 0.216 e. The molecule has 1 aliphatic rings. The van der Waals surface area contributed by atoms with Crippen molar-refractivity contribution in [3.05, 3.63) is 113 Å². The van der Waals surface area contributed by atoms with E-state index in [4.69, 9.17) is 12.6 Å². The number of hydrogen-bond donors (Lipinski definition) is 0. The fourth-order valence-corrected chi connectivity index (χ4v) is 6.67. The van der Waals surface area contributed by atoms with Crippen LogP contribution in [-0.4, -0.2) is 0 Å². The predicted molar refractivity (Wildman–Crippen MR) is 180 cm³/mol. The SMILES string of the molecule is [2H]c1cc(C2([2H])CCC(C)(C)CC2)cc(C([2H])([2H])[2H])c1-c1cc(-c2c(C)ccc3c2oc2c(-c4ccccc4)cccc23)[n+](C)cc1C([2H])([2H])[2H]. The van der Waals surface area contributed by atoms with Gasteiger partial charge in [0.25, 0.3) is 0 Å². The van der Waals surface area contributed by atoms with Gasteiger partial charge in [-0.3, -0.25) is 0 Å². The normalized spacial score (nSPS) is 19.4. The van der Waals surface area contributed by atoms with Crippen LogP contribution in [0.15, 0.2) is 95.5 Å². The van der Waals surface area contributed by atoms with Crippen LogP contribution in [0.1, 0.15) is 78.6 Å². The zero-order chi connectivity index (χ0) is 36.7. The van der Waals surface area contributed by atoms with E-state index in [2.05, 4.69) is 13.8 Å². The van der Waals surface area contributed by atoms with Crippen LogP contribution in [0.2, 0.25) is 0 Å². The molecule has 0 amide bonds. The Morgan fingerprint density at radius 2 is 1.58 bits per heavy atom. The lowest BCUT2D eigenvalue weighted by molar-refractivity contribution is -0.660. The van der Waals surface area contributed by atoms with Crippen LogP contribution >= 0.6 is 0 Å². The first kappa shape index (κ1) is 19.9. The summed E-state index contributed by atoms with van der Waals surface area (Å²) in [4.78, 5) is 0. The highest BCUT2D eigenvalue weighted by molar-refractivity contribution is 6.13. The number of pyridine rings is 1. The summed E-state index contributed by atoms with van der Waals surface area (Å²) < 4.78 is 78.5. The summed E-state index contributed by atoms with van der Waals surface area (Å²) in [6, 6.07) is 24.9. The molecule has 0 radical (unpaired) electrons. The molecule has 2 nitrogen and oxygen atoms in total. The van der Waals surface area contributed by atoms with Gasteiger partial charge in [0.2, 0.25) is 5.69 Å². The van der Waals surface area contributed by atoms with Gasteiger partial charge >= 0.3 is 0 Å². The molecule has 0 spiro atoms. The third-order valence-electron chi connectivity index (χ3n) is 9.32. The predicted octanol–water partition coefficient (Wildman–Crippen LogP) is 11.0. The van der Waals surface area contributed by atoms with Crippen molar-refractivity contribution >= 4 is 21.9 Å². The van der Waals surface area contributed by atoms with E-state index in [-0.39, 0.29) is 33.7 Å². The lowest BCUT2D eigenvalue weighted by Crippen LogP contribution is -2.31. The Morgan fingerprint density at radius 3 is 2.35 bits per heavy atom. The van der Waals surface area contributed by atoms with Crippen molar-refractivity contribution in [2.45, 2.75) is 66.1 Å². The van der Waals surface area contributed by atoms with Gasteiger partial charge in [0.05, 0.1) is 6.93 Å². The summed E-state index contributed by atoms with van der Waals surface area (Å²) >= 11 is 0. The number of hydrogen-bond acceptors (Lipinski definition) is 1. The molecular weight excluding hydrogens is 522 g/mol. The van der Waals surface area contributed by atoms with Gasteiger partial charge in [-0.05, 0) is 91.0 Å². The van der Waals surface area contributed by atoms with E-state index in [1.807, 2.05) is 67.6 Å². The average Bonchev–Trinajstić information content (AvgIpc) is 3.44. The van der Waals surface area contributed by atoms with Crippen molar-refractivity contribution in [2.24, 2.45) is 12.5 Å². The minimum atomic E-state index is -2.67. The minimum Gasteiger partial charge on any atom is -0.454 e. The van der Waals surface area contributed by atoms with Crippen molar-refractivity contribution in [1.82, 2.24) is 0 Å². The fourth-order valence-electron chi connectivity index (χ4n) is 6.67. The largest absolute Gasteiger partial charge is 0.454 e. The molecule has 0 aliphatic heterocycles. The Balaban J connectivity index is 1.49. The van der Waals surface area contributed by atoms with E-state index >= 15 is 0 Å². The molecule has 0 unspecified atom stereocenters. The van der Waals surface area contributed by atoms with Gasteiger partial charge < -0.3 is 4.42 Å². The number of furan rings is 1. The standard InChI is InChI=1S/C41H42NO/c1-26-15-17-35-34-14-10-13-33(30-11-8-7-9-12-30)39(34)43-40(35)38(26)37-24-36(28(3)25-42(37)6)32-18-16-31(23-27(32)2)29-19-21-41(4,5)22-20-29/h7-18,23-25,29H,19-22H2,1-6H3/q+1/i2D3,3D3,18D,29D. The minimum absolute atomic E-state index is 0.0484. The van der Waals surface area contributed by atoms with E-state index in [0.29, 0.717) is 29.7 Å². The van der Waals surface area contributed by atoms with Crippen LogP contribution in [0.5, 0.6) is 0 Å². The van der Waals surface area contributed by atoms with Crippen LogP contribution in [-0.2, 0) is 7.05 Å². The summed E-state index contributed by atoms with van der Waals surface area (Å²) in [5.74, 6) is -1.03. The van der Waals surface area contributed by atoms with E-state index in [9.17, 15) is 2.74 Å². The highest BCUT2D eigenvalue weighted by Crippen LogP contribution is 2.44.